The van der Waals surface area contributed by atoms with Crippen LogP contribution < -0.4 is 10.6 Å². The van der Waals surface area contributed by atoms with E-state index in [1.807, 2.05) is 0 Å². The SMILES string of the molecule is CNc1c(F)cccc1C(=O)Nc1cc(F)ccc1C. The second kappa shape index (κ2) is 5.69. The predicted octanol–water partition coefficient (Wildman–Crippen LogP) is 3.57. The summed E-state index contributed by atoms with van der Waals surface area (Å²) in [5.41, 5.74) is 1.36. The molecular weight excluding hydrogens is 262 g/mol. The van der Waals surface area contributed by atoms with E-state index in [9.17, 15) is 13.6 Å². The van der Waals surface area contributed by atoms with Crippen molar-refractivity contribution in [2.24, 2.45) is 0 Å². The number of para-hydroxylation sites is 1. The van der Waals surface area contributed by atoms with Gasteiger partial charge >= 0.3 is 0 Å². The van der Waals surface area contributed by atoms with Gasteiger partial charge in [0.2, 0.25) is 0 Å². The first-order chi connectivity index (χ1) is 9.52. The fourth-order valence-electron chi connectivity index (χ4n) is 1.89. The minimum Gasteiger partial charge on any atom is -0.385 e. The maximum atomic E-state index is 13.6. The highest BCUT2D eigenvalue weighted by molar-refractivity contribution is 6.08. The lowest BCUT2D eigenvalue weighted by atomic mass is 10.1. The highest BCUT2D eigenvalue weighted by Crippen LogP contribution is 2.22. The second-order valence-corrected chi connectivity index (χ2v) is 4.33. The van der Waals surface area contributed by atoms with Crippen LogP contribution in [-0.2, 0) is 0 Å². The van der Waals surface area contributed by atoms with E-state index in [0.717, 1.165) is 5.56 Å². The number of hydrogen-bond acceptors (Lipinski definition) is 2. The maximum Gasteiger partial charge on any atom is 0.257 e. The van der Waals surface area contributed by atoms with Gasteiger partial charge in [-0.2, -0.15) is 0 Å². The van der Waals surface area contributed by atoms with Gasteiger partial charge in [-0.05, 0) is 36.8 Å². The first-order valence-electron chi connectivity index (χ1n) is 6.06. The molecule has 20 heavy (non-hydrogen) atoms. The van der Waals surface area contributed by atoms with Crippen LogP contribution in [0, 0.1) is 18.6 Å². The average Bonchev–Trinajstić information content (AvgIpc) is 2.42. The quantitative estimate of drug-likeness (QED) is 0.899. The zero-order valence-corrected chi connectivity index (χ0v) is 11.1. The second-order valence-electron chi connectivity index (χ2n) is 4.33. The summed E-state index contributed by atoms with van der Waals surface area (Å²) in [6.45, 7) is 1.75. The van der Waals surface area contributed by atoms with Crippen LogP contribution in [0.3, 0.4) is 0 Å². The van der Waals surface area contributed by atoms with Gasteiger partial charge in [0.15, 0.2) is 0 Å². The summed E-state index contributed by atoms with van der Waals surface area (Å²) in [6, 6.07) is 8.31. The molecule has 0 aliphatic heterocycles. The van der Waals surface area contributed by atoms with Gasteiger partial charge in [-0.3, -0.25) is 4.79 Å². The number of benzene rings is 2. The summed E-state index contributed by atoms with van der Waals surface area (Å²) in [7, 11) is 1.53. The number of nitrogens with one attached hydrogen (secondary N) is 2. The molecule has 0 radical (unpaired) electrons. The van der Waals surface area contributed by atoms with E-state index >= 15 is 0 Å². The molecule has 0 heterocycles. The third-order valence-electron chi connectivity index (χ3n) is 2.96. The van der Waals surface area contributed by atoms with Crippen LogP contribution in [-0.4, -0.2) is 13.0 Å². The molecule has 0 spiro atoms. The van der Waals surface area contributed by atoms with Crippen LogP contribution in [0.15, 0.2) is 36.4 Å². The third kappa shape index (κ3) is 2.77. The van der Waals surface area contributed by atoms with Crippen molar-refractivity contribution in [2.45, 2.75) is 6.92 Å². The summed E-state index contributed by atoms with van der Waals surface area (Å²) in [5.74, 6) is -1.46. The number of anilines is 2. The molecule has 0 aliphatic rings. The van der Waals surface area contributed by atoms with Crippen molar-refractivity contribution in [3.05, 3.63) is 59.2 Å². The fourth-order valence-corrected chi connectivity index (χ4v) is 1.89. The molecule has 0 aromatic heterocycles. The molecule has 1 amide bonds. The Morgan fingerprint density at radius 3 is 2.60 bits per heavy atom. The van der Waals surface area contributed by atoms with E-state index in [4.69, 9.17) is 0 Å². The van der Waals surface area contributed by atoms with E-state index in [1.165, 1.54) is 37.4 Å². The molecule has 104 valence electrons. The zero-order chi connectivity index (χ0) is 14.7. The van der Waals surface area contributed by atoms with Crippen LogP contribution >= 0.6 is 0 Å². The van der Waals surface area contributed by atoms with Gasteiger partial charge < -0.3 is 10.6 Å². The monoisotopic (exact) mass is 276 g/mol. The van der Waals surface area contributed by atoms with Gasteiger partial charge in [0, 0.05) is 12.7 Å². The summed E-state index contributed by atoms with van der Waals surface area (Å²) < 4.78 is 26.8. The highest BCUT2D eigenvalue weighted by Gasteiger charge is 2.15. The van der Waals surface area contributed by atoms with Crippen molar-refractivity contribution in [1.82, 2.24) is 0 Å². The topological polar surface area (TPSA) is 41.1 Å². The van der Waals surface area contributed by atoms with Gasteiger partial charge in [0.05, 0.1) is 11.3 Å². The first kappa shape index (κ1) is 14.0. The van der Waals surface area contributed by atoms with Crippen molar-refractivity contribution in [2.75, 3.05) is 17.7 Å². The largest absolute Gasteiger partial charge is 0.385 e. The zero-order valence-electron chi connectivity index (χ0n) is 11.1. The maximum absolute atomic E-state index is 13.6. The average molecular weight is 276 g/mol. The number of aryl methyl sites for hydroxylation is 1. The Morgan fingerprint density at radius 2 is 1.90 bits per heavy atom. The molecule has 0 bridgehead atoms. The molecule has 0 unspecified atom stereocenters. The predicted molar refractivity (Wildman–Crippen MR) is 75.0 cm³/mol. The third-order valence-corrected chi connectivity index (χ3v) is 2.96. The van der Waals surface area contributed by atoms with Crippen molar-refractivity contribution >= 4 is 17.3 Å². The number of carbonyl (C=O) groups is 1. The Kier molecular flexibility index (Phi) is 3.98. The lowest BCUT2D eigenvalue weighted by molar-refractivity contribution is 0.102. The Hall–Kier alpha value is -2.43. The van der Waals surface area contributed by atoms with Gasteiger partial charge in [-0.25, -0.2) is 8.78 Å². The first-order valence-corrected chi connectivity index (χ1v) is 6.06. The smallest absolute Gasteiger partial charge is 0.257 e. The molecule has 0 fully saturated rings. The molecule has 0 saturated heterocycles. The molecule has 2 aromatic rings. The molecule has 2 rings (SSSR count). The molecule has 2 N–H and O–H groups in total. The van der Waals surface area contributed by atoms with Crippen LogP contribution in [0.5, 0.6) is 0 Å². The summed E-state index contributed by atoms with van der Waals surface area (Å²) in [5, 5.41) is 5.23. The number of hydrogen-bond donors (Lipinski definition) is 2. The van der Waals surface area contributed by atoms with Gasteiger partial charge in [0.25, 0.3) is 5.91 Å². The number of amides is 1. The number of carbonyl (C=O) groups excluding carboxylic acids is 1. The van der Waals surface area contributed by atoms with E-state index < -0.39 is 17.5 Å². The van der Waals surface area contributed by atoms with Gasteiger partial charge in [-0.15, -0.1) is 0 Å². The van der Waals surface area contributed by atoms with Crippen molar-refractivity contribution in [3.8, 4) is 0 Å². The van der Waals surface area contributed by atoms with Gasteiger partial charge in [0.1, 0.15) is 11.6 Å². The summed E-state index contributed by atoms with van der Waals surface area (Å²) in [6.07, 6.45) is 0. The molecule has 0 atom stereocenters. The number of halogens is 2. The highest BCUT2D eigenvalue weighted by atomic mass is 19.1. The molecular formula is C15H14F2N2O. The van der Waals surface area contributed by atoms with Crippen LogP contribution in [0.1, 0.15) is 15.9 Å². The van der Waals surface area contributed by atoms with Crippen LogP contribution in [0.25, 0.3) is 0 Å². The van der Waals surface area contributed by atoms with E-state index in [2.05, 4.69) is 10.6 Å². The summed E-state index contributed by atoms with van der Waals surface area (Å²) in [4.78, 5) is 12.2. The molecule has 5 heteroatoms. The molecule has 0 saturated carbocycles. The van der Waals surface area contributed by atoms with Crippen molar-refractivity contribution < 1.29 is 13.6 Å². The Labute approximate surface area is 115 Å². The molecule has 3 nitrogen and oxygen atoms in total. The lowest BCUT2D eigenvalue weighted by Crippen LogP contribution is -2.15. The standard InChI is InChI=1S/C15H14F2N2O/c1-9-6-7-10(16)8-13(9)19-15(20)11-4-3-5-12(17)14(11)18-2/h3-8,18H,1-2H3,(H,19,20). The van der Waals surface area contributed by atoms with Crippen LogP contribution in [0.4, 0.5) is 20.2 Å². The van der Waals surface area contributed by atoms with E-state index in [-0.39, 0.29) is 11.3 Å². The van der Waals surface area contributed by atoms with Crippen LogP contribution in [0.2, 0.25) is 0 Å². The normalized spacial score (nSPS) is 10.2. The minimum atomic E-state index is -0.517. The Balaban J connectivity index is 2.33. The molecule has 0 aliphatic carbocycles. The summed E-state index contributed by atoms with van der Waals surface area (Å²) >= 11 is 0. The van der Waals surface area contributed by atoms with E-state index in [0.29, 0.717) is 5.69 Å². The van der Waals surface area contributed by atoms with Gasteiger partial charge in [-0.1, -0.05) is 12.1 Å². The molecule has 2 aromatic carbocycles. The Bertz CT molecular complexity index is 656. The fraction of sp³-hybridized carbons (Fsp3) is 0.133. The van der Waals surface area contributed by atoms with Crippen molar-refractivity contribution in [1.29, 1.82) is 0 Å². The lowest BCUT2D eigenvalue weighted by Gasteiger charge is -2.12. The van der Waals surface area contributed by atoms with Crippen molar-refractivity contribution in [3.63, 3.8) is 0 Å². The number of rotatable bonds is 3. The minimum absolute atomic E-state index is 0.110. The Morgan fingerprint density at radius 1 is 1.15 bits per heavy atom. The van der Waals surface area contributed by atoms with E-state index in [1.54, 1.807) is 13.0 Å².